The molecule has 0 unspecified atom stereocenters. The van der Waals surface area contributed by atoms with E-state index in [1.165, 1.54) is 27.8 Å². The topological polar surface area (TPSA) is 79.5 Å². The third-order valence-electron chi connectivity index (χ3n) is 7.99. The standard InChI is InChI=1S/C28H32BrClN4O2/c1-17-12-23(30)15-20-2-3-21-14-22(29)16-32-27(21)26(25(17)20)19-6-10-33(11-7-19)24(35)13-18-4-8-34(9-5-18)28(31)36/h6,12,14-16,18,26H,2-5,7-11,13H2,1H3,(H2,31,36)/t26-/m1/s1. The number of aromatic nitrogens is 1. The van der Waals surface area contributed by atoms with Crippen molar-refractivity contribution in [3.63, 3.8) is 0 Å². The molecule has 2 aromatic rings. The number of halogens is 2. The number of hydrogen-bond donors (Lipinski definition) is 1. The highest BCUT2D eigenvalue weighted by atomic mass is 79.9. The first-order valence-electron chi connectivity index (χ1n) is 12.7. The lowest BCUT2D eigenvalue weighted by Crippen LogP contribution is -2.43. The minimum absolute atomic E-state index is 0.0817. The Labute approximate surface area is 226 Å². The van der Waals surface area contributed by atoms with Crippen LogP contribution in [0.25, 0.3) is 0 Å². The van der Waals surface area contributed by atoms with E-state index in [4.69, 9.17) is 22.3 Å². The van der Waals surface area contributed by atoms with Crippen LogP contribution in [0.3, 0.4) is 0 Å². The molecule has 0 spiro atoms. The Hall–Kier alpha value is -2.38. The average molecular weight is 572 g/mol. The summed E-state index contributed by atoms with van der Waals surface area (Å²) >= 11 is 10.1. The van der Waals surface area contributed by atoms with Gasteiger partial charge in [0, 0.05) is 54.2 Å². The Morgan fingerprint density at radius 3 is 2.53 bits per heavy atom. The highest BCUT2D eigenvalue weighted by Crippen LogP contribution is 2.43. The number of primary amides is 1. The molecular formula is C28H32BrClN4O2. The van der Waals surface area contributed by atoms with E-state index in [0.29, 0.717) is 32.0 Å². The number of nitrogens with zero attached hydrogens (tertiary/aromatic N) is 3. The number of likely N-dealkylation sites (tertiary alicyclic amines) is 1. The number of pyridine rings is 1. The number of benzene rings is 1. The van der Waals surface area contributed by atoms with Gasteiger partial charge in [-0.05, 0) is 101 Å². The molecule has 0 radical (unpaired) electrons. The molecule has 5 rings (SSSR count). The van der Waals surface area contributed by atoms with Crippen molar-refractivity contribution < 1.29 is 9.59 Å². The van der Waals surface area contributed by atoms with Gasteiger partial charge in [-0.1, -0.05) is 23.3 Å². The fourth-order valence-electron chi connectivity index (χ4n) is 6.07. The van der Waals surface area contributed by atoms with E-state index in [2.05, 4.69) is 47.1 Å². The van der Waals surface area contributed by atoms with Crippen LogP contribution in [0.2, 0.25) is 5.02 Å². The number of nitrogens with two attached hydrogens (primary N) is 1. The van der Waals surface area contributed by atoms with Gasteiger partial charge in [0.15, 0.2) is 0 Å². The molecule has 8 heteroatoms. The highest BCUT2D eigenvalue weighted by molar-refractivity contribution is 9.10. The van der Waals surface area contributed by atoms with Crippen molar-refractivity contribution in [2.75, 3.05) is 26.2 Å². The number of amides is 3. The van der Waals surface area contributed by atoms with E-state index >= 15 is 0 Å². The van der Waals surface area contributed by atoms with Crippen LogP contribution < -0.4 is 5.73 Å². The van der Waals surface area contributed by atoms with E-state index in [-0.39, 0.29) is 17.9 Å². The first-order chi connectivity index (χ1) is 17.3. The molecule has 3 heterocycles. The Morgan fingerprint density at radius 2 is 1.83 bits per heavy atom. The Balaban J connectivity index is 1.36. The van der Waals surface area contributed by atoms with Crippen LogP contribution in [0.4, 0.5) is 4.79 Å². The zero-order valence-electron chi connectivity index (χ0n) is 20.6. The van der Waals surface area contributed by atoms with Gasteiger partial charge in [-0.15, -0.1) is 0 Å². The van der Waals surface area contributed by atoms with Gasteiger partial charge >= 0.3 is 6.03 Å². The van der Waals surface area contributed by atoms with E-state index in [1.54, 1.807) is 4.90 Å². The summed E-state index contributed by atoms with van der Waals surface area (Å²) in [4.78, 5) is 33.0. The maximum absolute atomic E-state index is 13.1. The predicted molar refractivity (Wildman–Crippen MR) is 145 cm³/mol. The van der Waals surface area contributed by atoms with Crippen LogP contribution in [0.1, 0.15) is 59.5 Å². The summed E-state index contributed by atoms with van der Waals surface area (Å²) in [6, 6.07) is 6.00. The fourth-order valence-corrected chi connectivity index (χ4v) is 6.74. The fraction of sp³-hybridized carbons (Fsp3) is 0.464. The molecule has 6 nitrogen and oxygen atoms in total. The van der Waals surface area contributed by atoms with Gasteiger partial charge in [-0.2, -0.15) is 0 Å². The number of piperidine rings is 1. The third-order valence-corrected chi connectivity index (χ3v) is 8.64. The Morgan fingerprint density at radius 1 is 1.08 bits per heavy atom. The van der Waals surface area contributed by atoms with Crippen molar-refractivity contribution >= 4 is 39.5 Å². The third kappa shape index (κ3) is 5.18. The van der Waals surface area contributed by atoms with Gasteiger partial charge in [-0.25, -0.2) is 4.79 Å². The van der Waals surface area contributed by atoms with Gasteiger partial charge in [0.2, 0.25) is 5.91 Å². The van der Waals surface area contributed by atoms with Crippen LogP contribution >= 0.6 is 27.5 Å². The van der Waals surface area contributed by atoms with Crippen LogP contribution in [0.5, 0.6) is 0 Å². The lowest BCUT2D eigenvalue weighted by molar-refractivity contribution is -0.132. The van der Waals surface area contributed by atoms with Crippen LogP contribution in [-0.2, 0) is 17.6 Å². The summed E-state index contributed by atoms with van der Waals surface area (Å²) in [7, 11) is 0. The van der Waals surface area contributed by atoms with Crippen molar-refractivity contribution in [3.8, 4) is 0 Å². The molecule has 190 valence electrons. The first kappa shape index (κ1) is 25.3. The molecule has 1 saturated heterocycles. The van der Waals surface area contributed by atoms with Crippen molar-refractivity contribution in [1.82, 2.24) is 14.8 Å². The quantitative estimate of drug-likeness (QED) is 0.503. The van der Waals surface area contributed by atoms with E-state index in [0.717, 1.165) is 53.8 Å². The predicted octanol–water partition coefficient (Wildman–Crippen LogP) is 5.38. The van der Waals surface area contributed by atoms with E-state index in [1.807, 2.05) is 11.1 Å². The van der Waals surface area contributed by atoms with Gasteiger partial charge < -0.3 is 15.5 Å². The smallest absolute Gasteiger partial charge is 0.314 e. The molecule has 36 heavy (non-hydrogen) atoms. The zero-order valence-corrected chi connectivity index (χ0v) is 22.9. The highest BCUT2D eigenvalue weighted by Gasteiger charge is 2.32. The van der Waals surface area contributed by atoms with Crippen LogP contribution in [0, 0.1) is 12.8 Å². The Kier molecular flexibility index (Phi) is 7.40. The average Bonchev–Trinajstić information content (AvgIpc) is 3.01. The van der Waals surface area contributed by atoms with Crippen LogP contribution in [0.15, 0.2) is 40.5 Å². The molecule has 1 atom stereocenters. The summed E-state index contributed by atoms with van der Waals surface area (Å²) in [6.45, 7) is 4.77. The van der Waals surface area contributed by atoms with Crippen molar-refractivity contribution in [2.45, 2.75) is 51.4 Å². The molecule has 3 amide bonds. The number of hydrogen-bond acceptors (Lipinski definition) is 3. The second-order valence-electron chi connectivity index (χ2n) is 10.3. The second kappa shape index (κ2) is 10.5. The van der Waals surface area contributed by atoms with Gasteiger partial charge in [0.1, 0.15) is 0 Å². The molecule has 0 saturated carbocycles. The van der Waals surface area contributed by atoms with Crippen molar-refractivity contribution in [2.24, 2.45) is 11.7 Å². The van der Waals surface area contributed by atoms with Gasteiger partial charge in [0.05, 0.1) is 5.69 Å². The van der Waals surface area contributed by atoms with Gasteiger partial charge in [-0.3, -0.25) is 9.78 Å². The number of urea groups is 1. The number of fused-ring (bicyclic) bond motifs is 2. The maximum atomic E-state index is 13.1. The first-order valence-corrected chi connectivity index (χ1v) is 13.9. The molecule has 2 aliphatic heterocycles. The molecule has 3 aliphatic rings. The van der Waals surface area contributed by atoms with E-state index < -0.39 is 0 Å². The normalized spacial score (nSPS) is 20.3. The monoisotopic (exact) mass is 570 g/mol. The summed E-state index contributed by atoms with van der Waals surface area (Å²) in [5.74, 6) is 0.599. The molecule has 1 aromatic heterocycles. The SMILES string of the molecule is Cc1cc(Cl)cc2c1[C@@H](C1=CCN(C(=O)CC3CCN(C(N)=O)CC3)CC1)c1ncc(Br)cc1CC2. The van der Waals surface area contributed by atoms with Crippen molar-refractivity contribution in [3.05, 3.63) is 73.5 Å². The summed E-state index contributed by atoms with van der Waals surface area (Å²) in [5.41, 5.74) is 12.9. The van der Waals surface area contributed by atoms with Crippen molar-refractivity contribution in [1.29, 1.82) is 0 Å². The Bertz CT molecular complexity index is 1220. The summed E-state index contributed by atoms with van der Waals surface area (Å²) < 4.78 is 0.997. The largest absolute Gasteiger partial charge is 0.351 e. The minimum atomic E-state index is -0.366. The van der Waals surface area contributed by atoms with Gasteiger partial charge in [0.25, 0.3) is 0 Å². The van der Waals surface area contributed by atoms with E-state index in [9.17, 15) is 9.59 Å². The summed E-state index contributed by atoms with van der Waals surface area (Å²) in [6.07, 6.45) is 9.05. The molecule has 2 N–H and O–H groups in total. The molecular weight excluding hydrogens is 540 g/mol. The number of rotatable bonds is 3. The second-order valence-corrected chi connectivity index (χ2v) is 11.6. The minimum Gasteiger partial charge on any atom is -0.351 e. The number of carbonyl (C=O) groups is 2. The molecule has 1 aliphatic carbocycles. The molecule has 1 aromatic carbocycles. The molecule has 0 bridgehead atoms. The zero-order chi connectivity index (χ0) is 25.4. The lowest BCUT2D eigenvalue weighted by atomic mass is 9.80. The number of carbonyl (C=O) groups excluding carboxylic acids is 2. The molecule has 1 fully saturated rings. The lowest BCUT2D eigenvalue weighted by Gasteiger charge is -2.34. The van der Waals surface area contributed by atoms with Crippen LogP contribution in [-0.4, -0.2) is 52.9 Å². The maximum Gasteiger partial charge on any atom is 0.314 e. The number of aryl methyl sites for hydroxylation is 3. The summed E-state index contributed by atoms with van der Waals surface area (Å²) in [5, 5.41) is 0.779.